The van der Waals surface area contributed by atoms with Crippen LogP contribution in [0.1, 0.15) is 11.1 Å². The predicted octanol–water partition coefficient (Wildman–Crippen LogP) is 6.55. The number of thiophene rings is 2. The molecule has 1 aromatic carbocycles. The van der Waals surface area contributed by atoms with E-state index in [0.717, 1.165) is 0 Å². The van der Waals surface area contributed by atoms with Crippen LogP contribution in [0.4, 0.5) is 0 Å². The normalized spacial score (nSPS) is 11.0. The molecule has 0 spiro atoms. The molecule has 0 aliphatic rings. The molecule has 0 saturated carbocycles. The molecule has 3 aromatic heterocycles. The Morgan fingerprint density at radius 3 is 1.78 bits per heavy atom. The third kappa shape index (κ3) is 2.56. The van der Waals surface area contributed by atoms with Crippen LogP contribution in [0.2, 0.25) is 0 Å². The van der Waals surface area contributed by atoms with E-state index < -0.39 is 0 Å². The van der Waals surface area contributed by atoms with E-state index in [4.69, 9.17) is 0 Å². The van der Waals surface area contributed by atoms with Crippen molar-refractivity contribution in [1.82, 2.24) is 4.57 Å². The average molecular weight is 335 g/mol. The Morgan fingerprint density at radius 2 is 1.30 bits per heavy atom. The van der Waals surface area contributed by atoms with E-state index in [2.05, 4.69) is 83.8 Å². The summed E-state index contributed by atoms with van der Waals surface area (Å²) in [5, 5.41) is 4.27. The molecule has 114 valence electrons. The molecule has 4 aromatic rings. The molecular weight excluding hydrogens is 318 g/mol. The van der Waals surface area contributed by atoms with Crippen molar-refractivity contribution in [1.29, 1.82) is 0 Å². The molecule has 0 saturated heterocycles. The number of hydrogen-bond acceptors (Lipinski definition) is 2. The summed E-state index contributed by atoms with van der Waals surface area (Å²) >= 11 is 3.57. The van der Waals surface area contributed by atoms with Gasteiger partial charge in [-0.15, -0.1) is 22.7 Å². The monoisotopic (exact) mass is 335 g/mol. The second-order valence-electron chi connectivity index (χ2n) is 5.66. The van der Waals surface area contributed by atoms with Gasteiger partial charge in [-0.25, -0.2) is 0 Å². The van der Waals surface area contributed by atoms with Gasteiger partial charge in [0.25, 0.3) is 0 Å². The minimum atomic E-state index is 1.23. The summed E-state index contributed by atoms with van der Waals surface area (Å²) in [7, 11) is 0. The Bertz CT molecular complexity index is 877. The fourth-order valence-corrected chi connectivity index (χ4v) is 4.29. The molecule has 0 fully saturated rings. The van der Waals surface area contributed by atoms with E-state index in [-0.39, 0.29) is 0 Å². The van der Waals surface area contributed by atoms with Crippen LogP contribution in [0.5, 0.6) is 0 Å². The van der Waals surface area contributed by atoms with Gasteiger partial charge in [0.2, 0.25) is 0 Å². The van der Waals surface area contributed by atoms with Gasteiger partial charge in [0, 0.05) is 5.69 Å². The summed E-state index contributed by atoms with van der Waals surface area (Å²) in [6.07, 6.45) is 0. The summed E-state index contributed by atoms with van der Waals surface area (Å²) < 4.78 is 2.38. The predicted molar refractivity (Wildman–Crippen MR) is 102 cm³/mol. The summed E-state index contributed by atoms with van der Waals surface area (Å²) in [4.78, 5) is 2.59. The first kappa shape index (κ1) is 14.5. The molecule has 3 heterocycles. The quantitative estimate of drug-likeness (QED) is 0.400. The Labute approximate surface area is 144 Å². The lowest BCUT2D eigenvalue weighted by atomic mass is 10.1. The van der Waals surface area contributed by atoms with E-state index in [1.54, 1.807) is 22.7 Å². The maximum absolute atomic E-state index is 2.38. The van der Waals surface area contributed by atoms with E-state index in [1.807, 2.05) is 0 Å². The molecule has 0 bridgehead atoms. The Balaban J connectivity index is 1.98. The van der Waals surface area contributed by atoms with Gasteiger partial charge in [0.15, 0.2) is 0 Å². The van der Waals surface area contributed by atoms with E-state index in [0.29, 0.717) is 0 Å². The Morgan fingerprint density at radius 1 is 0.696 bits per heavy atom. The van der Waals surface area contributed by atoms with E-state index in [9.17, 15) is 0 Å². The second-order valence-corrected chi connectivity index (χ2v) is 7.56. The molecule has 0 amide bonds. The Hall–Kier alpha value is -2.10. The maximum Gasteiger partial charge on any atom is 0.0635 e. The molecule has 0 radical (unpaired) electrons. The molecule has 0 aliphatic carbocycles. The standard InChI is InChI=1S/C20H17NS2/c1-14-7-8-16(13-15(14)2)21-17(19-5-3-11-22-19)9-10-18(21)20-6-4-12-23-20/h3-13H,1-2H3. The zero-order chi connectivity index (χ0) is 15.8. The number of rotatable bonds is 3. The van der Waals surface area contributed by atoms with Crippen molar-refractivity contribution < 1.29 is 0 Å². The molecule has 0 N–H and O–H groups in total. The average Bonchev–Trinajstić information content (AvgIpc) is 3.30. The molecule has 0 atom stereocenters. The number of aromatic nitrogens is 1. The van der Waals surface area contributed by atoms with Crippen molar-refractivity contribution in [3.63, 3.8) is 0 Å². The lowest BCUT2D eigenvalue weighted by molar-refractivity contribution is 1.09. The van der Waals surface area contributed by atoms with Crippen LogP contribution in [0, 0.1) is 13.8 Å². The first-order chi connectivity index (χ1) is 11.2. The fraction of sp³-hybridized carbons (Fsp3) is 0.100. The van der Waals surface area contributed by atoms with Gasteiger partial charge < -0.3 is 4.57 Å². The lowest BCUT2D eigenvalue weighted by Crippen LogP contribution is -1.99. The third-order valence-electron chi connectivity index (χ3n) is 4.18. The number of nitrogens with zero attached hydrogens (tertiary/aromatic N) is 1. The van der Waals surface area contributed by atoms with Crippen molar-refractivity contribution in [3.05, 3.63) is 76.5 Å². The number of benzene rings is 1. The SMILES string of the molecule is Cc1ccc(-n2c(-c3cccs3)ccc2-c2cccs2)cc1C. The molecule has 0 aliphatic heterocycles. The molecule has 3 heteroatoms. The van der Waals surface area contributed by atoms with Gasteiger partial charge >= 0.3 is 0 Å². The number of hydrogen-bond donors (Lipinski definition) is 0. The van der Waals surface area contributed by atoms with Crippen LogP contribution < -0.4 is 0 Å². The molecular formula is C20H17NS2. The highest BCUT2D eigenvalue weighted by molar-refractivity contribution is 7.14. The minimum Gasteiger partial charge on any atom is -0.308 e. The van der Waals surface area contributed by atoms with Gasteiger partial charge in [0.1, 0.15) is 0 Å². The summed E-state index contributed by atoms with van der Waals surface area (Å²) in [6, 6.07) is 19.8. The smallest absolute Gasteiger partial charge is 0.0635 e. The van der Waals surface area contributed by atoms with Crippen LogP contribution in [0.25, 0.3) is 26.8 Å². The highest BCUT2D eigenvalue weighted by atomic mass is 32.1. The highest BCUT2D eigenvalue weighted by Gasteiger charge is 2.15. The van der Waals surface area contributed by atoms with Crippen LogP contribution in [-0.2, 0) is 0 Å². The van der Waals surface area contributed by atoms with Crippen LogP contribution in [0.15, 0.2) is 65.4 Å². The van der Waals surface area contributed by atoms with Crippen molar-refractivity contribution in [2.75, 3.05) is 0 Å². The van der Waals surface area contributed by atoms with Gasteiger partial charge in [-0.3, -0.25) is 0 Å². The fourth-order valence-electron chi connectivity index (χ4n) is 2.81. The van der Waals surface area contributed by atoms with Gasteiger partial charge in [-0.2, -0.15) is 0 Å². The summed E-state index contributed by atoms with van der Waals surface area (Å²) in [5.41, 5.74) is 6.39. The second kappa shape index (κ2) is 5.84. The van der Waals surface area contributed by atoms with E-state index >= 15 is 0 Å². The largest absolute Gasteiger partial charge is 0.308 e. The summed E-state index contributed by atoms with van der Waals surface area (Å²) in [6.45, 7) is 4.34. The van der Waals surface area contributed by atoms with Crippen molar-refractivity contribution in [3.8, 4) is 26.8 Å². The van der Waals surface area contributed by atoms with Gasteiger partial charge in [-0.05, 0) is 72.1 Å². The van der Waals surface area contributed by atoms with E-state index in [1.165, 1.54) is 38.0 Å². The van der Waals surface area contributed by atoms with Crippen molar-refractivity contribution in [2.24, 2.45) is 0 Å². The van der Waals surface area contributed by atoms with Crippen LogP contribution >= 0.6 is 22.7 Å². The van der Waals surface area contributed by atoms with Crippen molar-refractivity contribution in [2.45, 2.75) is 13.8 Å². The lowest BCUT2D eigenvalue weighted by Gasteiger charge is -2.14. The van der Waals surface area contributed by atoms with Crippen molar-refractivity contribution >= 4 is 22.7 Å². The zero-order valence-electron chi connectivity index (χ0n) is 13.1. The first-order valence-corrected chi connectivity index (χ1v) is 9.37. The molecule has 4 rings (SSSR count). The first-order valence-electron chi connectivity index (χ1n) is 7.61. The topological polar surface area (TPSA) is 4.93 Å². The zero-order valence-corrected chi connectivity index (χ0v) is 14.7. The van der Waals surface area contributed by atoms with Gasteiger partial charge in [-0.1, -0.05) is 18.2 Å². The summed E-state index contributed by atoms with van der Waals surface area (Å²) in [5.74, 6) is 0. The molecule has 0 unspecified atom stereocenters. The van der Waals surface area contributed by atoms with Crippen LogP contribution in [-0.4, -0.2) is 4.57 Å². The highest BCUT2D eigenvalue weighted by Crippen LogP contribution is 2.36. The number of aryl methyl sites for hydroxylation is 2. The molecule has 23 heavy (non-hydrogen) atoms. The molecule has 1 nitrogen and oxygen atoms in total. The Kier molecular flexibility index (Phi) is 3.68. The third-order valence-corrected chi connectivity index (χ3v) is 5.96. The maximum atomic E-state index is 2.38. The minimum absolute atomic E-state index is 1.23. The van der Waals surface area contributed by atoms with Gasteiger partial charge in [0.05, 0.1) is 21.1 Å². The van der Waals surface area contributed by atoms with Crippen LogP contribution in [0.3, 0.4) is 0 Å².